The Morgan fingerprint density at radius 2 is 1.92 bits per heavy atom. The summed E-state index contributed by atoms with van der Waals surface area (Å²) in [6.07, 6.45) is 0. The Hall–Kier alpha value is -2.38. The predicted molar refractivity (Wildman–Crippen MR) is 98.8 cm³/mol. The Morgan fingerprint density at radius 1 is 1.12 bits per heavy atom. The van der Waals surface area contributed by atoms with E-state index in [9.17, 15) is 4.79 Å². The number of hydrogen-bond donors (Lipinski definition) is 0. The van der Waals surface area contributed by atoms with Gasteiger partial charge >= 0.3 is 5.97 Å². The molecule has 5 nitrogen and oxygen atoms in total. The van der Waals surface area contributed by atoms with Crippen molar-refractivity contribution in [3.63, 3.8) is 0 Å². The SMILES string of the molecule is COc1ccc(-c2nc(COC(=O)c3ccc(C)s3)cs2)cc1OC. The Labute approximate surface area is 153 Å². The molecular weight excluding hydrogens is 358 g/mol. The van der Waals surface area contributed by atoms with Crippen LogP contribution in [0.1, 0.15) is 20.2 Å². The van der Waals surface area contributed by atoms with Crippen molar-refractivity contribution in [3.8, 4) is 22.1 Å². The van der Waals surface area contributed by atoms with Crippen LogP contribution in [0, 0.1) is 6.92 Å². The molecule has 0 amide bonds. The number of thiazole rings is 1. The molecule has 3 rings (SSSR count). The van der Waals surface area contributed by atoms with Gasteiger partial charge in [0, 0.05) is 15.8 Å². The van der Waals surface area contributed by atoms with Crippen molar-refractivity contribution in [1.29, 1.82) is 0 Å². The van der Waals surface area contributed by atoms with Gasteiger partial charge in [-0.2, -0.15) is 0 Å². The number of aryl methyl sites for hydroxylation is 1. The number of methoxy groups -OCH3 is 2. The summed E-state index contributed by atoms with van der Waals surface area (Å²) in [6, 6.07) is 9.32. The van der Waals surface area contributed by atoms with Crippen molar-refractivity contribution in [2.75, 3.05) is 14.2 Å². The maximum atomic E-state index is 12.0. The number of benzene rings is 1. The van der Waals surface area contributed by atoms with Gasteiger partial charge in [0.1, 0.15) is 16.5 Å². The molecule has 130 valence electrons. The monoisotopic (exact) mass is 375 g/mol. The molecule has 0 aliphatic heterocycles. The van der Waals surface area contributed by atoms with Crippen molar-refractivity contribution in [3.05, 3.63) is 51.2 Å². The molecule has 0 saturated carbocycles. The second kappa shape index (κ2) is 7.67. The van der Waals surface area contributed by atoms with Gasteiger partial charge in [-0.1, -0.05) is 0 Å². The van der Waals surface area contributed by atoms with Gasteiger partial charge in [0.05, 0.1) is 19.9 Å². The predicted octanol–water partition coefficient (Wildman–Crippen LogP) is 4.55. The number of aromatic nitrogens is 1. The average Bonchev–Trinajstić information content (AvgIpc) is 3.28. The maximum absolute atomic E-state index is 12.0. The molecule has 0 atom stereocenters. The fraction of sp³-hybridized carbons (Fsp3) is 0.222. The highest BCUT2D eigenvalue weighted by molar-refractivity contribution is 7.14. The minimum Gasteiger partial charge on any atom is -0.493 e. The first kappa shape index (κ1) is 17.4. The van der Waals surface area contributed by atoms with E-state index in [2.05, 4.69) is 4.98 Å². The largest absolute Gasteiger partial charge is 0.493 e. The van der Waals surface area contributed by atoms with Crippen molar-refractivity contribution >= 4 is 28.6 Å². The molecule has 7 heteroatoms. The minimum atomic E-state index is -0.321. The van der Waals surface area contributed by atoms with Crippen LogP contribution in [0.25, 0.3) is 10.6 Å². The van der Waals surface area contributed by atoms with Crippen molar-refractivity contribution in [2.24, 2.45) is 0 Å². The molecule has 0 saturated heterocycles. The lowest BCUT2D eigenvalue weighted by molar-refractivity contribution is 0.0474. The summed E-state index contributed by atoms with van der Waals surface area (Å²) >= 11 is 2.91. The Balaban J connectivity index is 1.69. The third-order valence-electron chi connectivity index (χ3n) is 3.47. The summed E-state index contributed by atoms with van der Waals surface area (Å²) in [7, 11) is 3.20. The number of rotatable bonds is 6. The molecule has 1 aromatic carbocycles. The van der Waals surface area contributed by atoms with E-state index in [1.165, 1.54) is 22.7 Å². The Bertz CT molecular complexity index is 885. The second-order valence-electron chi connectivity index (χ2n) is 5.20. The molecule has 2 heterocycles. The number of esters is 1. The molecule has 25 heavy (non-hydrogen) atoms. The molecule has 0 aliphatic rings. The second-order valence-corrected chi connectivity index (χ2v) is 7.35. The lowest BCUT2D eigenvalue weighted by atomic mass is 10.2. The number of ether oxygens (including phenoxy) is 3. The summed E-state index contributed by atoms with van der Waals surface area (Å²) in [5.74, 6) is 0.998. The number of thiophene rings is 1. The van der Waals surface area contributed by atoms with E-state index in [1.807, 2.05) is 36.6 Å². The van der Waals surface area contributed by atoms with E-state index < -0.39 is 0 Å². The number of carbonyl (C=O) groups excluding carboxylic acids is 1. The normalized spacial score (nSPS) is 10.5. The Morgan fingerprint density at radius 3 is 2.60 bits per heavy atom. The van der Waals surface area contributed by atoms with Gasteiger partial charge in [-0.15, -0.1) is 22.7 Å². The van der Waals surface area contributed by atoms with Crippen LogP contribution in [0.4, 0.5) is 0 Å². The standard InChI is InChI=1S/C18H17NO4S2/c1-11-4-7-16(25-11)18(20)23-9-13-10-24-17(19-13)12-5-6-14(21-2)15(8-12)22-3/h4-8,10H,9H2,1-3H3. The quantitative estimate of drug-likeness (QED) is 0.592. The summed E-state index contributed by atoms with van der Waals surface area (Å²) in [5.41, 5.74) is 1.64. The van der Waals surface area contributed by atoms with Gasteiger partial charge in [-0.3, -0.25) is 0 Å². The topological polar surface area (TPSA) is 57.7 Å². The van der Waals surface area contributed by atoms with Gasteiger partial charge in [0.15, 0.2) is 11.5 Å². The number of nitrogens with zero attached hydrogens (tertiary/aromatic N) is 1. The molecule has 0 bridgehead atoms. The zero-order valence-electron chi connectivity index (χ0n) is 14.1. The molecule has 0 fully saturated rings. The average molecular weight is 375 g/mol. The van der Waals surface area contributed by atoms with Crippen LogP contribution < -0.4 is 9.47 Å². The van der Waals surface area contributed by atoms with E-state index in [0.29, 0.717) is 16.4 Å². The summed E-state index contributed by atoms with van der Waals surface area (Å²) in [4.78, 5) is 18.2. The molecule has 3 aromatic rings. The molecule has 0 radical (unpaired) electrons. The molecule has 0 spiro atoms. The third-order valence-corrected chi connectivity index (χ3v) is 5.40. The van der Waals surface area contributed by atoms with E-state index >= 15 is 0 Å². The van der Waals surface area contributed by atoms with Gasteiger partial charge in [0.25, 0.3) is 0 Å². The number of carbonyl (C=O) groups is 1. The zero-order chi connectivity index (χ0) is 17.8. The van der Waals surface area contributed by atoms with Crippen LogP contribution in [-0.2, 0) is 11.3 Å². The fourth-order valence-electron chi connectivity index (χ4n) is 2.23. The van der Waals surface area contributed by atoms with Gasteiger partial charge in [-0.05, 0) is 37.3 Å². The van der Waals surface area contributed by atoms with Gasteiger partial charge in [0.2, 0.25) is 0 Å². The van der Waals surface area contributed by atoms with Gasteiger partial charge < -0.3 is 14.2 Å². The smallest absolute Gasteiger partial charge is 0.348 e. The van der Waals surface area contributed by atoms with Crippen LogP contribution >= 0.6 is 22.7 Å². The highest BCUT2D eigenvalue weighted by Gasteiger charge is 2.13. The van der Waals surface area contributed by atoms with Crippen LogP contribution in [0.5, 0.6) is 11.5 Å². The zero-order valence-corrected chi connectivity index (χ0v) is 15.7. The van der Waals surface area contributed by atoms with E-state index in [-0.39, 0.29) is 12.6 Å². The van der Waals surface area contributed by atoms with Crippen LogP contribution in [-0.4, -0.2) is 25.2 Å². The number of hydrogen-bond acceptors (Lipinski definition) is 7. The molecule has 2 aromatic heterocycles. The van der Waals surface area contributed by atoms with Gasteiger partial charge in [-0.25, -0.2) is 9.78 Å². The summed E-state index contributed by atoms with van der Waals surface area (Å²) < 4.78 is 15.9. The van der Waals surface area contributed by atoms with Crippen LogP contribution in [0.2, 0.25) is 0 Å². The van der Waals surface area contributed by atoms with E-state index in [4.69, 9.17) is 14.2 Å². The summed E-state index contributed by atoms with van der Waals surface area (Å²) in [5, 5.41) is 2.72. The van der Waals surface area contributed by atoms with E-state index in [1.54, 1.807) is 20.3 Å². The Kier molecular flexibility index (Phi) is 5.35. The van der Waals surface area contributed by atoms with Crippen molar-refractivity contribution in [1.82, 2.24) is 4.98 Å². The fourth-order valence-corrected chi connectivity index (χ4v) is 3.79. The van der Waals surface area contributed by atoms with Crippen molar-refractivity contribution < 1.29 is 19.0 Å². The maximum Gasteiger partial charge on any atom is 0.348 e. The van der Waals surface area contributed by atoms with E-state index in [0.717, 1.165) is 21.1 Å². The molecule has 0 unspecified atom stereocenters. The third kappa shape index (κ3) is 4.00. The lowest BCUT2D eigenvalue weighted by Crippen LogP contribution is -2.03. The molecule has 0 N–H and O–H groups in total. The first-order valence-electron chi connectivity index (χ1n) is 7.51. The van der Waals surface area contributed by atoms with Crippen LogP contribution in [0.15, 0.2) is 35.7 Å². The summed E-state index contributed by atoms with van der Waals surface area (Å²) in [6.45, 7) is 2.11. The highest BCUT2D eigenvalue weighted by Crippen LogP contribution is 2.33. The first-order valence-corrected chi connectivity index (χ1v) is 9.20. The molecule has 0 aliphatic carbocycles. The molecular formula is C18H17NO4S2. The highest BCUT2D eigenvalue weighted by atomic mass is 32.1. The van der Waals surface area contributed by atoms with Crippen molar-refractivity contribution in [2.45, 2.75) is 13.5 Å². The lowest BCUT2D eigenvalue weighted by Gasteiger charge is -2.08. The first-order chi connectivity index (χ1) is 12.1. The minimum absolute atomic E-state index is 0.152. The van der Waals surface area contributed by atoms with Crippen LogP contribution in [0.3, 0.4) is 0 Å².